The van der Waals surface area contributed by atoms with Gasteiger partial charge in [0.15, 0.2) is 9.84 Å². The number of sulfone groups is 1. The Morgan fingerprint density at radius 1 is 1.12 bits per heavy atom. The van der Waals surface area contributed by atoms with E-state index in [-0.39, 0.29) is 11.2 Å². The summed E-state index contributed by atoms with van der Waals surface area (Å²) in [7, 11) is -3.28. The van der Waals surface area contributed by atoms with E-state index in [1.54, 1.807) is 24.9 Å². The molecule has 0 spiro atoms. The van der Waals surface area contributed by atoms with Crippen LogP contribution in [0.4, 0.5) is 0 Å². The van der Waals surface area contributed by atoms with Crippen molar-refractivity contribution in [3.63, 3.8) is 0 Å². The van der Waals surface area contributed by atoms with E-state index in [4.69, 9.17) is 8.83 Å². The molecule has 4 heterocycles. The van der Waals surface area contributed by atoms with Gasteiger partial charge in [-0.15, -0.1) is 0 Å². The van der Waals surface area contributed by atoms with Gasteiger partial charge in [0.1, 0.15) is 5.76 Å². The van der Waals surface area contributed by atoms with Crippen LogP contribution in [-0.2, 0) is 16.4 Å². The van der Waals surface area contributed by atoms with E-state index in [2.05, 4.69) is 4.90 Å². The lowest BCUT2D eigenvalue weighted by molar-refractivity contribution is 0.324. The second kappa shape index (κ2) is 5.34. The lowest BCUT2D eigenvalue weighted by atomic mass is 9.96. The highest BCUT2D eigenvalue weighted by Gasteiger charge is 2.50. The molecule has 0 unspecified atom stereocenters. The van der Waals surface area contributed by atoms with Crippen LogP contribution in [0.2, 0.25) is 0 Å². The summed E-state index contributed by atoms with van der Waals surface area (Å²) >= 11 is 0. The third-order valence-corrected chi connectivity index (χ3v) is 7.51. The van der Waals surface area contributed by atoms with Crippen molar-refractivity contribution in [3.05, 3.63) is 66.3 Å². The van der Waals surface area contributed by atoms with Gasteiger partial charge in [0.25, 0.3) is 0 Å². The first-order valence-corrected chi connectivity index (χ1v) is 9.83. The molecule has 0 N–H and O–H groups in total. The minimum Gasteiger partial charge on any atom is -0.472 e. The van der Waals surface area contributed by atoms with Crippen molar-refractivity contribution in [2.24, 2.45) is 0 Å². The first kappa shape index (κ1) is 15.0. The Bertz CT molecular complexity index is 1010. The van der Waals surface area contributed by atoms with E-state index in [1.807, 2.05) is 30.3 Å². The number of likely N-dealkylation sites (tertiary alicyclic amines) is 1. The number of nitrogens with zero attached hydrogens (tertiary/aromatic N) is 1. The smallest absolute Gasteiger partial charge is 0.183 e. The molecule has 1 saturated heterocycles. The molecule has 5 nitrogen and oxygen atoms in total. The van der Waals surface area contributed by atoms with E-state index in [0.717, 1.165) is 29.0 Å². The summed E-state index contributed by atoms with van der Waals surface area (Å²) < 4.78 is 36.5. The second-order valence-corrected chi connectivity index (χ2v) is 8.88. The fraction of sp³-hybridized carbons (Fsp3) is 0.263. The molecular formula is C19H17NO4S. The first-order chi connectivity index (χ1) is 12.1. The second-order valence-electron chi connectivity index (χ2n) is 6.75. The Hall–Kier alpha value is -2.31. The van der Waals surface area contributed by atoms with E-state index < -0.39 is 9.84 Å². The Morgan fingerprint density at radius 2 is 2.04 bits per heavy atom. The molecule has 1 fully saturated rings. The third kappa shape index (κ3) is 2.28. The van der Waals surface area contributed by atoms with Crippen LogP contribution in [0, 0.1) is 0 Å². The van der Waals surface area contributed by atoms with Crippen LogP contribution in [0.15, 0.2) is 68.9 Å². The van der Waals surface area contributed by atoms with E-state index >= 15 is 0 Å². The van der Waals surface area contributed by atoms with Gasteiger partial charge < -0.3 is 8.83 Å². The Balaban J connectivity index is 1.51. The van der Waals surface area contributed by atoms with Crippen molar-refractivity contribution in [1.82, 2.24) is 4.90 Å². The van der Waals surface area contributed by atoms with Gasteiger partial charge in [0.2, 0.25) is 0 Å². The SMILES string of the molecule is O=S1(=O)c2ccc(-c3ccco3)cc2[C@@H]2CN(Cc3ccoc3)C[C@H]21. The summed E-state index contributed by atoms with van der Waals surface area (Å²) in [6, 6.07) is 11.2. The van der Waals surface area contributed by atoms with Crippen LogP contribution >= 0.6 is 0 Å². The van der Waals surface area contributed by atoms with Crippen molar-refractivity contribution >= 4 is 9.84 Å². The average molecular weight is 355 g/mol. The fourth-order valence-corrected chi connectivity index (χ4v) is 6.29. The van der Waals surface area contributed by atoms with Gasteiger partial charge >= 0.3 is 0 Å². The summed E-state index contributed by atoms with van der Waals surface area (Å²) in [5.41, 5.74) is 2.92. The summed E-state index contributed by atoms with van der Waals surface area (Å²) in [5.74, 6) is 0.777. The Kier molecular flexibility index (Phi) is 3.20. The van der Waals surface area contributed by atoms with Gasteiger partial charge in [-0.2, -0.15) is 0 Å². The topological polar surface area (TPSA) is 63.7 Å². The summed E-state index contributed by atoms with van der Waals surface area (Å²) in [6.07, 6.45) is 4.99. The average Bonchev–Trinajstić information content (AvgIpc) is 3.37. The van der Waals surface area contributed by atoms with Gasteiger partial charge in [0.05, 0.1) is 28.9 Å². The quantitative estimate of drug-likeness (QED) is 0.721. The summed E-state index contributed by atoms with van der Waals surface area (Å²) in [6.45, 7) is 2.01. The first-order valence-electron chi connectivity index (χ1n) is 8.28. The molecule has 2 aromatic heterocycles. The third-order valence-electron chi connectivity index (χ3n) is 5.25. The van der Waals surface area contributed by atoms with Crippen LogP contribution in [0.25, 0.3) is 11.3 Å². The Morgan fingerprint density at radius 3 is 2.80 bits per heavy atom. The number of fused-ring (bicyclic) bond motifs is 3. The van der Waals surface area contributed by atoms with Crippen molar-refractivity contribution in [3.8, 4) is 11.3 Å². The monoisotopic (exact) mass is 355 g/mol. The van der Waals surface area contributed by atoms with Crippen LogP contribution in [0.3, 0.4) is 0 Å². The highest BCUT2D eigenvalue weighted by Crippen LogP contribution is 2.46. The molecule has 0 aliphatic carbocycles. The molecule has 0 saturated carbocycles. The molecule has 128 valence electrons. The fourth-order valence-electron chi connectivity index (χ4n) is 4.09. The van der Waals surface area contributed by atoms with Crippen molar-refractivity contribution in [2.45, 2.75) is 22.6 Å². The molecule has 2 atom stereocenters. The van der Waals surface area contributed by atoms with E-state index in [9.17, 15) is 8.42 Å². The normalized spacial score (nSPS) is 24.3. The van der Waals surface area contributed by atoms with Crippen LogP contribution in [-0.4, -0.2) is 31.7 Å². The van der Waals surface area contributed by atoms with Crippen LogP contribution in [0.1, 0.15) is 17.0 Å². The predicted molar refractivity (Wildman–Crippen MR) is 91.8 cm³/mol. The van der Waals surface area contributed by atoms with Crippen molar-refractivity contribution < 1.29 is 17.3 Å². The lowest BCUT2D eigenvalue weighted by Gasteiger charge is -2.16. The largest absolute Gasteiger partial charge is 0.472 e. The maximum absolute atomic E-state index is 12.9. The van der Waals surface area contributed by atoms with E-state index in [0.29, 0.717) is 18.0 Å². The highest BCUT2D eigenvalue weighted by molar-refractivity contribution is 7.92. The van der Waals surface area contributed by atoms with Crippen molar-refractivity contribution in [1.29, 1.82) is 0 Å². The zero-order valence-electron chi connectivity index (χ0n) is 13.5. The molecule has 1 aromatic carbocycles. The standard InChI is InChI=1S/C19H17NO4S/c21-25(22)18-4-3-14(17-2-1-6-24-17)8-15(18)16-10-20(11-19(16)25)9-13-5-7-23-12-13/h1-8,12,16,19H,9-11H2/t16-,19+/m0/s1. The zero-order valence-corrected chi connectivity index (χ0v) is 14.3. The van der Waals surface area contributed by atoms with Gasteiger partial charge in [-0.3, -0.25) is 4.90 Å². The highest BCUT2D eigenvalue weighted by atomic mass is 32.2. The number of furan rings is 2. The maximum Gasteiger partial charge on any atom is 0.183 e. The molecule has 5 rings (SSSR count). The van der Waals surface area contributed by atoms with Gasteiger partial charge in [-0.1, -0.05) is 0 Å². The Labute approximate surface area is 145 Å². The van der Waals surface area contributed by atoms with Crippen LogP contribution < -0.4 is 0 Å². The number of benzene rings is 1. The molecule has 2 aliphatic rings. The number of rotatable bonds is 3. The van der Waals surface area contributed by atoms with Crippen LogP contribution in [0.5, 0.6) is 0 Å². The molecule has 25 heavy (non-hydrogen) atoms. The molecule has 0 amide bonds. The van der Waals surface area contributed by atoms with Crippen molar-refractivity contribution in [2.75, 3.05) is 13.1 Å². The molecule has 2 aliphatic heterocycles. The van der Waals surface area contributed by atoms with Gasteiger partial charge in [0, 0.05) is 36.7 Å². The molecule has 0 bridgehead atoms. The van der Waals surface area contributed by atoms with Gasteiger partial charge in [-0.25, -0.2) is 8.42 Å². The summed E-state index contributed by atoms with van der Waals surface area (Å²) in [5, 5.41) is -0.360. The molecule has 6 heteroatoms. The predicted octanol–water partition coefficient (Wildman–Crippen LogP) is 3.29. The van der Waals surface area contributed by atoms with Gasteiger partial charge in [-0.05, 0) is 42.0 Å². The molecule has 0 radical (unpaired) electrons. The van der Waals surface area contributed by atoms with E-state index in [1.165, 1.54) is 0 Å². The lowest BCUT2D eigenvalue weighted by Crippen LogP contribution is -2.25. The number of hydrogen-bond acceptors (Lipinski definition) is 5. The molecule has 3 aromatic rings. The zero-order chi connectivity index (χ0) is 17.0. The minimum atomic E-state index is -3.28. The maximum atomic E-state index is 12.9. The molecular weight excluding hydrogens is 338 g/mol. The minimum absolute atomic E-state index is 0.0156. The number of hydrogen-bond donors (Lipinski definition) is 0. The summed E-state index contributed by atoms with van der Waals surface area (Å²) in [4.78, 5) is 2.68.